The van der Waals surface area contributed by atoms with Gasteiger partial charge in [-0.2, -0.15) is 0 Å². The zero-order valence-corrected chi connectivity index (χ0v) is 12.5. The van der Waals surface area contributed by atoms with Crippen LogP contribution in [0.4, 0.5) is 4.39 Å². The maximum absolute atomic E-state index is 13.2. The Hall–Kier alpha value is -1.10. The van der Waals surface area contributed by atoms with Crippen LogP contribution in [-0.4, -0.2) is 0 Å². The van der Waals surface area contributed by atoms with E-state index >= 15 is 0 Å². The van der Waals surface area contributed by atoms with Gasteiger partial charge in [0.25, 0.3) is 0 Å². The van der Waals surface area contributed by atoms with E-state index in [1.165, 1.54) is 12.1 Å². The van der Waals surface area contributed by atoms with E-state index in [0.717, 1.165) is 5.56 Å². The van der Waals surface area contributed by atoms with Crippen molar-refractivity contribution in [3.05, 3.63) is 57.3 Å². The van der Waals surface area contributed by atoms with E-state index in [1.54, 1.807) is 18.2 Å². The van der Waals surface area contributed by atoms with Crippen LogP contribution >= 0.6 is 27.5 Å². The molecule has 100 valence electrons. The molecule has 0 aliphatic heterocycles. The molecule has 0 saturated carbocycles. The Morgan fingerprint density at radius 1 is 1.21 bits per heavy atom. The lowest BCUT2D eigenvalue weighted by Gasteiger charge is -2.12. The van der Waals surface area contributed by atoms with Crippen LogP contribution in [0.1, 0.15) is 18.5 Å². The standard InChI is InChI=1S/C14H12BrClFNO/c1-8(18)9-2-5-13(12(16)6-9)19-14-7-10(17)3-4-11(14)15/h2-8H,18H2,1H3. The molecule has 0 spiro atoms. The van der Waals surface area contributed by atoms with Crippen LogP contribution in [0, 0.1) is 5.82 Å². The second kappa shape index (κ2) is 5.90. The quantitative estimate of drug-likeness (QED) is 0.845. The molecule has 2 aromatic carbocycles. The van der Waals surface area contributed by atoms with Crippen LogP contribution in [0.25, 0.3) is 0 Å². The first-order chi connectivity index (χ1) is 8.97. The molecular formula is C14H12BrClFNO. The van der Waals surface area contributed by atoms with Crippen LogP contribution in [-0.2, 0) is 0 Å². The monoisotopic (exact) mass is 343 g/mol. The highest BCUT2D eigenvalue weighted by molar-refractivity contribution is 9.10. The van der Waals surface area contributed by atoms with Crippen molar-refractivity contribution < 1.29 is 9.13 Å². The summed E-state index contributed by atoms with van der Waals surface area (Å²) in [6.45, 7) is 1.87. The van der Waals surface area contributed by atoms with Gasteiger partial charge in [0.05, 0.1) is 9.50 Å². The van der Waals surface area contributed by atoms with E-state index < -0.39 is 0 Å². The van der Waals surface area contributed by atoms with E-state index in [4.69, 9.17) is 22.1 Å². The second-order valence-corrected chi connectivity index (χ2v) is 5.42. The first kappa shape index (κ1) is 14.3. The van der Waals surface area contributed by atoms with Gasteiger partial charge in [-0.1, -0.05) is 17.7 Å². The largest absolute Gasteiger partial charge is 0.455 e. The minimum atomic E-state index is -0.374. The van der Waals surface area contributed by atoms with E-state index in [-0.39, 0.29) is 11.9 Å². The number of hydrogen-bond donors (Lipinski definition) is 1. The molecule has 0 aromatic heterocycles. The Labute approximate surface area is 124 Å². The van der Waals surface area contributed by atoms with Gasteiger partial charge in [0, 0.05) is 12.1 Å². The predicted octanol–water partition coefficient (Wildman–Crippen LogP) is 5.05. The predicted molar refractivity (Wildman–Crippen MR) is 78.2 cm³/mol. The number of rotatable bonds is 3. The average molecular weight is 345 g/mol. The van der Waals surface area contributed by atoms with E-state index in [9.17, 15) is 4.39 Å². The van der Waals surface area contributed by atoms with Gasteiger partial charge in [-0.25, -0.2) is 4.39 Å². The van der Waals surface area contributed by atoms with Crippen LogP contribution in [0.3, 0.4) is 0 Å². The summed E-state index contributed by atoms with van der Waals surface area (Å²) in [4.78, 5) is 0. The fraction of sp³-hybridized carbons (Fsp3) is 0.143. The summed E-state index contributed by atoms with van der Waals surface area (Å²) in [5, 5.41) is 0.436. The summed E-state index contributed by atoms with van der Waals surface area (Å²) in [7, 11) is 0. The van der Waals surface area contributed by atoms with Crippen LogP contribution < -0.4 is 10.5 Å². The first-order valence-electron chi connectivity index (χ1n) is 5.65. The van der Waals surface area contributed by atoms with Gasteiger partial charge in [0.2, 0.25) is 0 Å². The van der Waals surface area contributed by atoms with E-state index in [2.05, 4.69) is 15.9 Å². The molecule has 1 unspecified atom stereocenters. The zero-order valence-electron chi connectivity index (χ0n) is 10.2. The Morgan fingerprint density at radius 2 is 1.95 bits per heavy atom. The van der Waals surface area contributed by atoms with Crippen molar-refractivity contribution in [3.8, 4) is 11.5 Å². The van der Waals surface area contributed by atoms with Crippen molar-refractivity contribution >= 4 is 27.5 Å². The minimum Gasteiger partial charge on any atom is -0.455 e. The molecule has 19 heavy (non-hydrogen) atoms. The van der Waals surface area contributed by atoms with E-state index in [1.807, 2.05) is 13.0 Å². The van der Waals surface area contributed by atoms with Gasteiger partial charge in [-0.3, -0.25) is 0 Å². The van der Waals surface area contributed by atoms with Crippen molar-refractivity contribution in [2.75, 3.05) is 0 Å². The fourth-order valence-corrected chi connectivity index (χ4v) is 2.11. The maximum atomic E-state index is 13.2. The smallest absolute Gasteiger partial charge is 0.146 e. The Kier molecular flexibility index (Phi) is 4.45. The third-order valence-electron chi connectivity index (χ3n) is 2.59. The maximum Gasteiger partial charge on any atom is 0.146 e. The lowest BCUT2D eigenvalue weighted by atomic mass is 10.1. The highest BCUT2D eigenvalue weighted by Crippen LogP contribution is 2.35. The number of hydrogen-bond acceptors (Lipinski definition) is 2. The molecule has 0 bridgehead atoms. The van der Waals surface area contributed by atoms with Crippen LogP contribution in [0.5, 0.6) is 11.5 Å². The summed E-state index contributed by atoms with van der Waals surface area (Å²) < 4.78 is 19.4. The Balaban J connectivity index is 2.31. The Morgan fingerprint density at radius 3 is 2.58 bits per heavy atom. The van der Waals surface area contributed by atoms with Gasteiger partial charge in [0.1, 0.15) is 17.3 Å². The fourth-order valence-electron chi connectivity index (χ4n) is 1.56. The minimum absolute atomic E-state index is 0.104. The van der Waals surface area contributed by atoms with E-state index in [0.29, 0.717) is 21.0 Å². The second-order valence-electron chi connectivity index (χ2n) is 4.16. The summed E-state index contributed by atoms with van der Waals surface area (Å²) in [6, 6.07) is 9.41. The van der Waals surface area contributed by atoms with Crippen LogP contribution in [0.15, 0.2) is 40.9 Å². The van der Waals surface area contributed by atoms with Crippen molar-refractivity contribution in [3.63, 3.8) is 0 Å². The summed E-state index contributed by atoms with van der Waals surface area (Å²) in [5.41, 5.74) is 6.69. The number of benzene rings is 2. The number of nitrogens with two attached hydrogens (primary N) is 1. The van der Waals surface area contributed by atoms with Gasteiger partial charge in [-0.05, 0) is 52.7 Å². The molecule has 5 heteroatoms. The molecule has 0 aliphatic rings. The molecule has 0 saturated heterocycles. The van der Waals surface area contributed by atoms with Crippen LogP contribution in [0.2, 0.25) is 5.02 Å². The van der Waals surface area contributed by atoms with Gasteiger partial charge in [-0.15, -0.1) is 0 Å². The molecule has 0 fully saturated rings. The summed E-state index contributed by atoms with van der Waals surface area (Å²) in [6.07, 6.45) is 0. The Bertz CT molecular complexity index is 604. The number of ether oxygens (including phenoxy) is 1. The van der Waals surface area contributed by atoms with Gasteiger partial charge in [0.15, 0.2) is 0 Å². The molecule has 0 aliphatic carbocycles. The molecule has 2 nitrogen and oxygen atoms in total. The normalized spacial score (nSPS) is 12.3. The third kappa shape index (κ3) is 3.47. The highest BCUT2D eigenvalue weighted by Gasteiger charge is 2.09. The molecule has 2 rings (SSSR count). The topological polar surface area (TPSA) is 35.2 Å². The molecular weight excluding hydrogens is 333 g/mol. The first-order valence-corrected chi connectivity index (χ1v) is 6.82. The SMILES string of the molecule is CC(N)c1ccc(Oc2cc(F)ccc2Br)c(Cl)c1. The number of halogens is 3. The zero-order chi connectivity index (χ0) is 14.0. The molecule has 2 N–H and O–H groups in total. The lowest BCUT2D eigenvalue weighted by molar-refractivity contribution is 0.473. The van der Waals surface area contributed by atoms with Gasteiger partial charge >= 0.3 is 0 Å². The lowest BCUT2D eigenvalue weighted by Crippen LogP contribution is -2.04. The summed E-state index contributed by atoms with van der Waals surface area (Å²) in [5.74, 6) is 0.453. The molecule has 0 heterocycles. The summed E-state index contributed by atoms with van der Waals surface area (Å²) >= 11 is 9.42. The van der Waals surface area contributed by atoms with Crippen molar-refractivity contribution in [2.45, 2.75) is 13.0 Å². The van der Waals surface area contributed by atoms with Crippen molar-refractivity contribution in [1.82, 2.24) is 0 Å². The third-order valence-corrected chi connectivity index (χ3v) is 3.55. The highest BCUT2D eigenvalue weighted by atomic mass is 79.9. The molecule has 0 radical (unpaired) electrons. The van der Waals surface area contributed by atoms with Gasteiger partial charge < -0.3 is 10.5 Å². The van der Waals surface area contributed by atoms with Crippen molar-refractivity contribution in [1.29, 1.82) is 0 Å². The van der Waals surface area contributed by atoms with Crippen molar-refractivity contribution in [2.24, 2.45) is 5.73 Å². The average Bonchev–Trinajstić information content (AvgIpc) is 2.36. The molecule has 0 amide bonds. The molecule has 2 aromatic rings. The molecule has 1 atom stereocenters.